The Bertz CT molecular complexity index is 1310. The van der Waals surface area contributed by atoms with E-state index in [0.717, 1.165) is 12.8 Å². The molecule has 5 aliphatic rings. The number of carboxylic acids is 1. The number of aliphatic carboxylic acids is 1. The summed E-state index contributed by atoms with van der Waals surface area (Å²) < 4.78 is 1.27. The van der Waals surface area contributed by atoms with Gasteiger partial charge in [0.05, 0.1) is 24.6 Å². The summed E-state index contributed by atoms with van der Waals surface area (Å²) in [6.07, 6.45) is 3.38. The minimum atomic E-state index is -1.16. The van der Waals surface area contributed by atoms with Crippen molar-refractivity contribution < 1.29 is 29.4 Å². The molecular formula is C26H37N9O6S. The Morgan fingerprint density at radius 3 is 2.79 bits per heavy atom. The normalized spacial score (nSPS) is 36.2. The molecule has 3 amide bonds. The number of aliphatic hydroxyl groups excluding tert-OH is 1. The molecule has 6 N–H and O–H groups in total. The molecule has 9 atom stereocenters. The van der Waals surface area contributed by atoms with E-state index in [2.05, 4.69) is 26.2 Å². The fourth-order valence-corrected chi connectivity index (χ4v) is 9.32. The zero-order valence-corrected chi connectivity index (χ0v) is 24.4. The van der Waals surface area contributed by atoms with E-state index in [0.29, 0.717) is 31.0 Å². The number of carbonyl (C=O) groups excluding carboxylic acids is 3. The first-order valence-electron chi connectivity index (χ1n) is 14.4. The topological polar surface area (TPSA) is 209 Å². The predicted octanol–water partition coefficient (Wildman–Crippen LogP) is -2.03. The van der Waals surface area contributed by atoms with Crippen molar-refractivity contribution in [2.24, 2.45) is 28.9 Å². The van der Waals surface area contributed by atoms with E-state index >= 15 is 0 Å². The molecule has 15 nitrogen and oxygen atoms in total. The fraction of sp³-hybridized carbons (Fsp3) is 0.731. The Morgan fingerprint density at radius 2 is 2.12 bits per heavy atom. The number of likely N-dealkylation sites (tertiary alicyclic amines) is 1. The molecule has 16 heteroatoms. The van der Waals surface area contributed by atoms with E-state index in [-0.39, 0.29) is 71.2 Å². The number of hydrogen-bond acceptors (Lipinski definition) is 11. The summed E-state index contributed by atoms with van der Waals surface area (Å²) in [6, 6.07) is -1.23. The SMILES string of the molecule is C[C@@H](NC(=O)Cn1cnnn1)[C@H]1C(=O)N2C(C(=O)O)=C(S[C@@H]3CN[C@H](C(=O)N4C[C@@H]5C[C@@H](N)C[C@]5(CO)C4)C3)[C@H](C)[C@H]12. The molecule has 5 heterocycles. The summed E-state index contributed by atoms with van der Waals surface area (Å²) in [7, 11) is 0. The predicted molar refractivity (Wildman–Crippen MR) is 148 cm³/mol. The van der Waals surface area contributed by atoms with Crippen LogP contribution in [0.2, 0.25) is 0 Å². The largest absolute Gasteiger partial charge is 0.477 e. The molecule has 1 aromatic heterocycles. The van der Waals surface area contributed by atoms with Gasteiger partial charge in [0.2, 0.25) is 17.7 Å². The van der Waals surface area contributed by atoms with Crippen LogP contribution >= 0.6 is 11.8 Å². The van der Waals surface area contributed by atoms with Crippen LogP contribution in [0, 0.1) is 23.2 Å². The lowest BCUT2D eigenvalue weighted by Gasteiger charge is -2.47. The Morgan fingerprint density at radius 1 is 1.33 bits per heavy atom. The van der Waals surface area contributed by atoms with Crippen molar-refractivity contribution in [3.63, 3.8) is 0 Å². The van der Waals surface area contributed by atoms with Crippen LogP contribution in [0.4, 0.5) is 0 Å². The van der Waals surface area contributed by atoms with Gasteiger partial charge >= 0.3 is 5.97 Å². The maximum Gasteiger partial charge on any atom is 0.353 e. The molecule has 1 aliphatic carbocycles. The van der Waals surface area contributed by atoms with Gasteiger partial charge in [0.1, 0.15) is 18.6 Å². The van der Waals surface area contributed by atoms with Crippen LogP contribution < -0.4 is 16.4 Å². The molecule has 4 fully saturated rings. The minimum absolute atomic E-state index is 0.00524. The Kier molecular flexibility index (Phi) is 7.52. The highest BCUT2D eigenvalue weighted by molar-refractivity contribution is 8.03. The standard InChI is InChI=1S/C26H37N9O6S/c1-12-20-19(13(2)30-18(37)8-34-11-29-31-32-34)24(39)35(20)21(25(40)41)22(12)42-16-4-17(28-6-16)23(38)33-7-14-3-15(27)5-26(14,9-33)10-36/h11-17,19-20,28,36H,3-10,27H2,1-2H3,(H,30,37)(H,40,41)/t12-,13-,14+,15-,16+,17+,19-,20-,26-/m1/s1. The zero-order valence-electron chi connectivity index (χ0n) is 23.5. The lowest BCUT2D eigenvalue weighted by Crippen LogP contribution is -2.66. The van der Waals surface area contributed by atoms with E-state index in [1.165, 1.54) is 27.7 Å². The maximum absolute atomic E-state index is 13.4. The van der Waals surface area contributed by atoms with Crippen molar-refractivity contribution in [3.8, 4) is 0 Å². The van der Waals surface area contributed by atoms with Crippen molar-refractivity contribution in [2.75, 3.05) is 26.2 Å². The van der Waals surface area contributed by atoms with Gasteiger partial charge in [-0.3, -0.25) is 14.4 Å². The number of fused-ring (bicyclic) bond motifs is 2. The second-order valence-corrected chi connectivity index (χ2v) is 13.8. The first-order chi connectivity index (χ1) is 20.0. The van der Waals surface area contributed by atoms with Crippen LogP contribution in [0.3, 0.4) is 0 Å². The summed E-state index contributed by atoms with van der Waals surface area (Å²) >= 11 is 1.43. The summed E-state index contributed by atoms with van der Waals surface area (Å²) in [6.45, 7) is 5.22. The van der Waals surface area contributed by atoms with Crippen LogP contribution in [0.5, 0.6) is 0 Å². The third-order valence-electron chi connectivity index (χ3n) is 9.79. The van der Waals surface area contributed by atoms with Crippen molar-refractivity contribution in [1.82, 2.24) is 40.6 Å². The number of tetrazole rings is 1. The number of hydrogen-bond donors (Lipinski definition) is 5. The molecule has 6 rings (SSSR count). The summed E-state index contributed by atoms with van der Waals surface area (Å²) in [5.74, 6) is -2.45. The molecular weight excluding hydrogens is 566 g/mol. The number of aromatic nitrogens is 4. The molecule has 0 bridgehead atoms. The van der Waals surface area contributed by atoms with Gasteiger partial charge in [-0.1, -0.05) is 6.92 Å². The molecule has 0 unspecified atom stereocenters. The number of β-lactam (4-membered cyclic amide) rings is 1. The van der Waals surface area contributed by atoms with E-state index in [1.54, 1.807) is 6.92 Å². The number of nitrogens with two attached hydrogens (primary N) is 1. The van der Waals surface area contributed by atoms with Gasteiger partial charge in [-0.25, -0.2) is 9.48 Å². The third kappa shape index (κ3) is 4.77. The quantitative estimate of drug-likeness (QED) is 0.194. The summed E-state index contributed by atoms with van der Waals surface area (Å²) in [5, 5.41) is 37.0. The van der Waals surface area contributed by atoms with Crippen LogP contribution in [-0.2, 0) is 25.7 Å². The van der Waals surface area contributed by atoms with Crippen LogP contribution in [0.1, 0.15) is 33.1 Å². The van der Waals surface area contributed by atoms with Gasteiger partial charge in [-0.2, -0.15) is 0 Å². The van der Waals surface area contributed by atoms with E-state index in [1.807, 2.05) is 11.8 Å². The highest BCUT2D eigenvalue weighted by Gasteiger charge is 2.61. The van der Waals surface area contributed by atoms with Crippen LogP contribution in [0.25, 0.3) is 0 Å². The highest BCUT2D eigenvalue weighted by Crippen LogP contribution is 2.52. The highest BCUT2D eigenvalue weighted by atomic mass is 32.2. The summed E-state index contributed by atoms with van der Waals surface area (Å²) in [5.41, 5.74) is 5.82. The maximum atomic E-state index is 13.4. The monoisotopic (exact) mass is 603 g/mol. The van der Waals surface area contributed by atoms with Gasteiger partial charge in [-0.15, -0.1) is 16.9 Å². The van der Waals surface area contributed by atoms with Crippen molar-refractivity contribution >= 4 is 35.5 Å². The fourth-order valence-electron chi connectivity index (χ4n) is 7.84. The first-order valence-corrected chi connectivity index (χ1v) is 15.3. The van der Waals surface area contributed by atoms with Gasteiger partial charge in [0.25, 0.3) is 0 Å². The second-order valence-electron chi connectivity index (χ2n) is 12.5. The lowest BCUT2D eigenvalue weighted by atomic mass is 9.78. The van der Waals surface area contributed by atoms with E-state index in [9.17, 15) is 29.4 Å². The average molecular weight is 604 g/mol. The number of nitrogens with zero attached hydrogens (tertiary/aromatic N) is 6. The minimum Gasteiger partial charge on any atom is -0.477 e. The molecule has 0 aromatic carbocycles. The zero-order chi connectivity index (χ0) is 29.9. The number of nitrogens with one attached hydrogen (secondary N) is 2. The molecule has 1 saturated carbocycles. The lowest BCUT2D eigenvalue weighted by molar-refractivity contribution is -0.158. The molecule has 1 aromatic rings. The molecule has 3 saturated heterocycles. The van der Waals surface area contributed by atoms with Gasteiger partial charge in [-0.05, 0) is 42.5 Å². The number of carboxylic acid groups (broad SMARTS) is 1. The molecule has 42 heavy (non-hydrogen) atoms. The average Bonchev–Trinajstić information content (AvgIpc) is 3.74. The van der Waals surface area contributed by atoms with Crippen molar-refractivity contribution in [3.05, 3.63) is 16.9 Å². The molecule has 228 valence electrons. The first kappa shape index (κ1) is 29.0. The van der Waals surface area contributed by atoms with Gasteiger partial charge in [0, 0.05) is 53.2 Å². The van der Waals surface area contributed by atoms with E-state index in [4.69, 9.17) is 5.73 Å². The van der Waals surface area contributed by atoms with E-state index < -0.39 is 24.0 Å². The number of thioether (sulfide) groups is 1. The Balaban J connectivity index is 1.09. The number of aliphatic hydroxyl groups is 1. The number of carbonyl (C=O) groups is 4. The third-order valence-corrected chi connectivity index (χ3v) is 11.3. The van der Waals surface area contributed by atoms with Crippen molar-refractivity contribution in [2.45, 2.75) is 69.1 Å². The van der Waals surface area contributed by atoms with Gasteiger partial charge < -0.3 is 36.4 Å². The number of amides is 3. The van der Waals surface area contributed by atoms with Crippen molar-refractivity contribution in [1.29, 1.82) is 0 Å². The smallest absolute Gasteiger partial charge is 0.353 e. The molecule has 0 radical (unpaired) electrons. The number of rotatable bonds is 9. The summed E-state index contributed by atoms with van der Waals surface area (Å²) in [4.78, 5) is 55.3. The molecule has 4 aliphatic heterocycles. The van der Waals surface area contributed by atoms with Crippen LogP contribution in [-0.4, -0.2) is 120 Å². The Hall–Kier alpha value is -3.08. The Labute approximate surface area is 246 Å². The van der Waals surface area contributed by atoms with Crippen LogP contribution in [0.15, 0.2) is 16.9 Å². The van der Waals surface area contributed by atoms with Gasteiger partial charge in [0.15, 0.2) is 0 Å². The second kappa shape index (κ2) is 10.9. The molecule has 0 spiro atoms.